The minimum atomic E-state index is -4.33. The minimum absolute atomic E-state index is 0. The fourth-order valence-corrected chi connectivity index (χ4v) is 0. The molecular weight excluding hydrogens is 476 g/mol. The van der Waals surface area contributed by atoms with E-state index < -0.39 is 20.5 Å². The van der Waals surface area contributed by atoms with Gasteiger partial charge < -0.3 is 91.0 Å². The third-order valence-corrected chi connectivity index (χ3v) is 0. The summed E-state index contributed by atoms with van der Waals surface area (Å²) in [5.74, 6) is 0. The molecule has 0 bridgehead atoms. The Balaban J connectivity index is -0.00000000150. The van der Waals surface area contributed by atoms with Crippen LogP contribution < -0.4 is 118 Å². The van der Waals surface area contributed by atoms with Gasteiger partial charge in [-0.25, -0.2) is 0 Å². The summed E-state index contributed by atoms with van der Waals surface area (Å²) in [6.45, 7) is 0. The Bertz CT molecular complexity index is 171. The normalized spacial score (nSPS) is 3.72. The summed E-state index contributed by atoms with van der Waals surface area (Å²) in [5.41, 5.74) is 0. The summed E-state index contributed by atoms with van der Waals surface area (Å²) in [5, 5.41) is 0. The van der Waals surface area contributed by atoms with Crippen LogP contribution in [0.1, 0.15) is 0 Å². The molecule has 0 aliphatic heterocycles. The van der Waals surface area contributed by atoms with Crippen LogP contribution in [0, 0.1) is 0 Å². The van der Waals surface area contributed by atoms with Gasteiger partial charge in [-0.1, -0.05) is 0 Å². The molecule has 0 aliphatic rings. The zero-order chi connectivity index (χ0) is 8.08. The largest absolute Gasteiger partial charge is 1.00 e. The van der Waals surface area contributed by atoms with Crippen LogP contribution in [0.4, 0.5) is 0 Å². The van der Waals surface area contributed by atoms with Crippen molar-refractivity contribution in [2.24, 2.45) is 0 Å². The predicted molar refractivity (Wildman–Crippen MR) is 70.1 cm³/mol. The minimum Gasteiger partial charge on any atom is -0.784 e. The zero-order valence-corrected chi connectivity index (χ0v) is 24.1. The van der Waals surface area contributed by atoms with Crippen LogP contribution >= 0.6 is 0 Å². The molecule has 0 aromatic carbocycles. The fraction of sp³-hybridized carbons (Fsp3) is 0. The Morgan fingerprint density at radius 1 is 0.560 bits per heavy atom. The fourth-order valence-electron chi connectivity index (χ4n) is 0. The molecule has 0 aliphatic carbocycles. The first-order valence-electron chi connectivity index (χ1n) is 1.17. The Morgan fingerprint density at radius 3 is 0.560 bits per heavy atom. The van der Waals surface area contributed by atoms with E-state index in [1.54, 1.807) is 0 Å². The van der Waals surface area contributed by atoms with E-state index in [0.29, 0.717) is 0 Å². The molecule has 0 radical (unpaired) electrons. The Kier molecular flexibility index (Phi) is 924. The SMILES string of the molecule is O.O.O.O.O.O.O.O.O.O.O.O.O=S(=O)([O-])[S-].O=S([O-])[O-].[Na+].[Na+].[Na+].[Na+]. The van der Waals surface area contributed by atoms with Crippen LogP contribution in [0.25, 0.3) is 0 Å². The van der Waals surface area contributed by atoms with Crippen LogP contribution in [-0.2, 0) is 32.2 Å². The molecule has 0 atom stereocenters. The van der Waals surface area contributed by atoms with Gasteiger partial charge in [0.2, 0.25) is 0 Å². The molecule has 0 fully saturated rings. The molecule has 0 saturated heterocycles. The van der Waals surface area contributed by atoms with E-state index >= 15 is 0 Å². The van der Waals surface area contributed by atoms with Gasteiger partial charge in [-0.05, 0) is 9.15 Å². The Morgan fingerprint density at radius 2 is 0.560 bits per heavy atom. The first-order chi connectivity index (χ1) is 3.73. The van der Waals surface area contributed by atoms with Gasteiger partial charge in [0.05, 0.1) is 0 Å². The predicted octanol–water partition coefficient (Wildman–Crippen LogP) is -23.9. The van der Waals surface area contributed by atoms with Gasteiger partial charge in [-0.3, -0.25) is 12.6 Å². The van der Waals surface area contributed by atoms with Crippen LogP contribution in [0.15, 0.2) is 0 Å². The standard InChI is InChI=1S/4Na.H2O3S2.H2O3S.12H2O/c;;;;1-5(2,3)4;1-4(2)3;;;;;;;;;;;;/h;;;;(H2,1,2,3,4);(H2,1,2,3);12*1H2/q4*+1;;;;;;;;;;;;;;/p-4. The van der Waals surface area contributed by atoms with Crippen molar-refractivity contribution < 1.29 is 210 Å². The van der Waals surface area contributed by atoms with Crippen molar-refractivity contribution in [3.05, 3.63) is 0 Å². The summed E-state index contributed by atoms with van der Waals surface area (Å²) in [6.07, 6.45) is 0. The molecule has 25 heavy (non-hydrogen) atoms. The van der Waals surface area contributed by atoms with E-state index in [4.69, 9.17) is 26.3 Å². The van der Waals surface area contributed by atoms with Crippen LogP contribution in [-0.4, -0.2) is 92.0 Å². The van der Waals surface area contributed by atoms with E-state index in [0.717, 1.165) is 0 Å². The number of hydrogen-bond acceptors (Lipinski definition) is 7. The van der Waals surface area contributed by atoms with Crippen molar-refractivity contribution in [3.8, 4) is 0 Å². The van der Waals surface area contributed by atoms with E-state index in [-0.39, 0.29) is 184 Å². The van der Waals surface area contributed by atoms with Crippen molar-refractivity contribution in [3.63, 3.8) is 0 Å². The maximum absolute atomic E-state index is 8.89. The second-order valence-electron chi connectivity index (χ2n) is 0.612. The molecule has 25 heteroatoms. The van der Waals surface area contributed by atoms with Crippen LogP contribution in [0.5, 0.6) is 0 Å². The van der Waals surface area contributed by atoms with Gasteiger partial charge in [0.25, 0.3) is 0 Å². The summed E-state index contributed by atoms with van der Waals surface area (Å²) in [4.78, 5) is 0. The van der Waals surface area contributed by atoms with Gasteiger partial charge in [0.15, 0.2) is 0 Å². The second kappa shape index (κ2) is 122. The average molecular weight is 500 g/mol. The average Bonchev–Trinajstić information content (AvgIpc) is 1.19. The van der Waals surface area contributed by atoms with Gasteiger partial charge in [0, 0.05) is 0 Å². The first-order valence-corrected chi connectivity index (χ1v) is 4.50. The smallest absolute Gasteiger partial charge is 0.784 e. The molecule has 18 nitrogen and oxygen atoms in total. The first kappa shape index (κ1) is 190. The molecule has 24 N–H and O–H groups in total. The second-order valence-corrected chi connectivity index (χ2v) is 3.06. The summed E-state index contributed by atoms with van der Waals surface area (Å²) in [6, 6.07) is 0. The quantitative estimate of drug-likeness (QED) is 0.101. The molecular formula is H24Na4O18S3. The van der Waals surface area contributed by atoms with E-state index in [1.807, 2.05) is 0 Å². The maximum Gasteiger partial charge on any atom is 1.00 e. The summed E-state index contributed by atoms with van der Waals surface area (Å²) >= 11 is 0.132. The molecule has 0 spiro atoms. The van der Waals surface area contributed by atoms with Crippen molar-refractivity contribution >= 4 is 32.2 Å². The molecule has 0 aromatic rings. The summed E-state index contributed by atoms with van der Waals surface area (Å²) < 4.78 is 52.0. The van der Waals surface area contributed by atoms with Crippen molar-refractivity contribution in [2.45, 2.75) is 0 Å². The molecule has 154 valence electrons. The van der Waals surface area contributed by atoms with Gasteiger partial charge in [-0.2, -0.15) is 0 Å². The molecule has 0 rings (SSSR count). The van der Waals surface area contributed by atoms with Gasteiger partial charge in [-0.15, -0.1) is 11.4 Å². The molecule has 0 saturated carbocycles. The van der Waals surface area contributed by atoms with E-state index in [9.17, 15) is 0 Å². The molecule has 0 aromatic heterocycles. The Hall–Kier alpha value is 3.85. The third kappa shape index (κ3) is 1260. The number of rotatable bonds is 0. The zero-order valence-electron chi connectivity index (χ0n) is 13.7. The maximum atomic E-state index is 8.89. The Labute approximate surface area is 238 Å². The van der Waals surface area contributed by atoms with Gasteiger partial charge >= 0.3 is 118 Å². The third-order valence-electron chi connectivity index (χ3n) is 0. The summed E-state index contributed by atoms with van der Waals surface area (Å²) in [7, 11) is -4.33. The van der Waals surface area contributed by atoms with Crippen LogP contribution in [0.2, 0.25) is 0 Å². The molecule has 0 heterocycles. The monoisotopic (exact) mass is 500 g/mol. The number of hydrogen-bond donors (Lipinski definition) is 0. The topological polar surface area (TPSA) is 498 Å². The van der Waals surface area contributed by atoms with Crippen molar-refractivity contribution in [1.82, 2.24) is 0 Å². The molecule has 0 amide bonds. The van der Waals surface area contributed by atoms with Crippen molar-refractivity contribution in [2.75, 3.05) is 0 Å². The van der Waals surface area contributed by atoms with E-state index in [1.165, 1.54) is 0 Å². The van der Waals surface area contributed by atoms with E-state index in [2.05, 4.69) is 11.7 Å². The molecule has 0 unspecified atom stereocenters. The van der Waals surface area contributed by atoms with Crippen molar-refractivity contribution in [1.29, 1.82) is 0 Å². The van der Waals surface area contributed by atoms with Crippen LogP contribution in [0.3, 0.4) is 0 Å². The van der Waals surface area contributed by atoms with Gasteiger partial charge in [0.1, 0.15) is 0 Å².